The number of piperidine rings is 1. The molecular formula is C18H24N6S. The van der Waals surface area contributed by atoms with Crippen LogP contribution in [-0.4, -0.2) is 44.4 Å². The molecule has 0 saturated carbocycles. The predicted octanol–water partition coefficient (Wildman–Crippen LogP) is 2.99. The number of hydrogen-bond acceptors (Lipinski definition) is 6. The third-order valence-corrected chi connectivity index (χ3v) is 5.79. The Balaban J connectivity index is 1.46. The molecule has 25 heavy (non-hydrogen) atoms. The second-order valence-corrected chi connectivity index (χ2v) is 7.62. The molecule has 0 unspecified atom stereocenters. The molecule has 1 fully saturated rings. The quantitative estimate of drug-likeness (QED) is 0.762. The first-order valence-corrected chi connectivity index (χ1v) is 9.73. The van der Waals surface area contributed by atoms with Gasteiger partial charge in [-0.3, -0.25) is 14.3 Å². The summed E-state index contributed by atoms with van der Waals surface area (Å²) < 4.78 is 2.24. The summed E-state index contributed by atoms with van der Waals surface area (Å²) in [5, 5.41) is 5.27. The molecule has 4 heterocycles. The lowest BCUT2D eigenvalue weighted by atomic mass is 9.93. The maximum atomic E-state index is 4.68. The van der Waals surface area contributed by atoms with E-state index >= 15 is 0 Å². The number of thiazole rings is 1. The Kier molecular flexibility index (Phi) is 4.67. The second kappa shape index (κ2) is 7.09. The normalized spacial score (nSPS) is 18.7. The van der Waals surface area contributed by atoms with E-state index < -0.39 is 0 Å². The molecule has 132 valence electrons. The van der Waals surface area contributed by atoms with E-state index in [0.717, 1.165) is 48.2 Å². The molecule has 1 N–H and O–H groups in total. The number of nitrogens with zero attached hydrogens (tertiary/aromatic N) is 5. The number of imidazole rings is 1. The van der Waals surface area contributed by atoms with Crippen molar-refractivity contribution < 1.29 is 0 Å². The number of fused-ring (bicyclic) bond motifs is 1. The van der Waals surface area contributed by atoms with Gasteiger partial charge in [0.15, 0.2) is 4.96 Å². The van der Waals surface area contributed by atoms with Crippen molar-refractivity contribution in [1.29, 1.82) is 0 Å². The Morgan fingerprint density at radius 1 is 1.32 bits per heavy atom. The maximum Gasteiger partial charge on any atom is 0.194 e. The van der Waals surface area contributed by atoms with Crippen molar-refractivity contribution in [2.45, 2.75) is 32.7 Å². The molecule has 3 aromatic rings. The number of aromatic nitrogens is 4. The average Bonchev–Trinajstić information content (AvgIpc) is 3.18. The fourth-order valence-electron chi connectivity index (χ4n) is 3.80. The van der Waals surface area contributed by atoms with Gasteiger partial charge in [-0.15, -0.1) is 11.3 Å². The molecule has 7 heteroatoms. The first-order chi connectivity index (χ1) is 12.2. The van der Waals surface area contributed by atoms with Gasteiger partial charge in [0, 0.05) is 44.1 Å². The minimum Gasteiger partial charge on any atom is -0.372 e. The van der Waals surface area contributed by atoms with E-state index in [9.17, 15) is 0 Å². The van der Waals surface area contributed by atoms with E-state index in [-0.39, 0.29) is 0 Å². The fourth-order valence-corrected chi connectivity index (χ4v) is 4.58. The van der Waals surface area contributed by atoms with Crippen LogP contribution in [-0.2, 0) is 13.0 Å². The highest BCUT2D eigenvalue weighted by atomic mass is 32.1. The lowest BCUT2D eigenvalue weighted by Crippen LogP contribution is -2.36. The summed E-state index contributed by atoms with van der Waals surface area (Å²) in [6, 6.07) is 0. The van der Waals surface area contributed by atoms with E-state index in [1.165, 1.54) is 18.5 Å². The molecule has 1 saturated heterocycles. The molecule has 1 aliphatic rings. The van der Waals surface area contributed by atoms with Gasteiger partial charge in [0.25, 0.3) is 0 Å². The van der Waals surface area contributed by atoms with Gasteiger partial charge in [0.1, 0.15) is 5.82 Å². The third-order valence-electron chi connectivity index (χ3n) is 5.03. The third kappa shape index (κ3) is 3.39. The van der Waals surface area contributed by atoms with Crippen molar-refractivity contribution >= 4 is 22.1 Å². The Hall–Kier alpha value is -1.99. The number of anilines is 1. The predicted molar refractivity (Wildman–Crippen MR) is 101 cm³/mol. The van der Waals surface area contributed by atoms with Crippen molar-refractivity contribution in [1.82, 2.24) is 24.3 Å². The molecule has 6 nitrogen and oxygen atoms in total. The number of aryl methyl sites for hydroxylation is 1. The molecule has 1 aliphatic heterocycles. The first kappa shape index (κ1) is 16.5. The zero-order valence-electron chi connectivity index (χ0n) is 14.8. The topological polar surface area (TPSA) is 58.4 Å². The maximum absolute atomic E-state index is 4.68. The van der Waals surface area contributed by atoms with Crippen LogP contribution in [0.2, 0.25) is 0 Å². The highest BCUT2D eigenvalue weighted by molar-refractivity contribution is 7.15. The van der Waals surface area contributed by atoms with Gasteiger partial charge in [-0.25, -0.2) is 9.97 Å². The van der Waals surface area contributed by atoms with Crippen molar-refractivity contribution in [2.24, 2.45) is 5.92 Å². The number of hydrogen-bond donors (Lipinski definition) is 1. The van der Waals surface area contributed by atoms with Crippen molar-refractivity contribution in [3.63, 3.8) is 0 Å². The highest BCUT2D eigenvalue weighted by Gasteiger charge is 2.23. The van der Waals surface area contributed by atoms with Crippen molar-refractivity contribution in [2.75, 3.05) is 25.5 Å². The van der Waals surface area contributed by atoms with Crippen LogP contribution in [0.5, 0.6) is 0 Å². The summed E-state index contributed by atoms with van der Waals surface area (Å²) in [7, 11) is 1.91. The minimum absolute atomic E-state index is 0.628. The molecule has 4 rings (SSSR count). The molecular weight excluding hydrogens is 332 g/mol. The number of nitrogens with one attached hydrogen (secondary N) is 1. The van der Waals surface area contributed by atoms with Crippen molar-refractivity contribution in [3.8, 4) is 0 Å². The van der Waals surface area contributed by atoms with Gasteiger partial charge >= 0.3 is 0 Å². The Bertz CT molecular complexity index is 854. The number of likely N-dealkylation sites (tertiary alicyclic amines) is 1. The molecule has 0 spiro atoms. The van der Waals surface area contributed by atoms with Crippen LogP contribution in [0.15, 0.2) is 24.0 Å². The lowest BCUT2D eigenvalue weighted by molar-refractivity contribution is 0.164. The van der Waals surface area contributed by atoms with E-state index in [1.54, 1.807) is 23.7 Å². The molecule has 1 atom stereocenters. The average molecular weight is 356 g/mol. The minimum atomic E-state index is 0.628. The molecule has 0 radical (unpaired) electrons. The van der Waals surface area contributed by atoms with Gasteiger partial charge in [0.2, 0.25) is 0 Å². The van der Waals surface area contributed by atoms with Gasteiger partial charge < -0.3 is 5.32 Å². The summed E-state index contributed by atoms with van der Waals surface area (Å²) in [5.74, 6) is 1.54. The van der Waals surface area contributed by atoms with Gasteiger partial charge in [0.05, 0.1) is 17.1 Å². The largest absolute Gasteiger partial charge is 0.372 e. The van der Waals surface area contributed by atoms with E-state index in [1.807, 2.05) is 7.05 Å². The molecule has 0 aromatic carbocycles. The molecule has 0 bridgehead atoms. The highest BCUT2D eigenvalue weighted by Crippen LogP contribution is 2.25. The van der Waals surface area contributed by atoms with Crippen LogP contribution in [0.1, 0.15) is 29.9 Å². The molecule has 0 aliphatic carbocycles. The van der Waals surface area contributed by atoms with Crippen LogP contribution in [0.25, 0.3) is 4.96 Å². The monoisotopic (exact) mass is 356 g/mol. The summed E-state index contributed by atoms with van der Waals surface area (Å²) in [6.07, 6.45) is 9.16. The van der Waals surface area contributed by atoms with Crippen LogP contribution in [0.3, 0.4) is 0 Å². The Morgan fingerprint density at radius 3 is 3.08 bits per heavy atom. The van der Waals surface area contributed by atoms with Gasteiger partial charge in [-0.05, 0) is 38.6 Å². The Labute approximate surface area is 151 Å². The fraction of sp³-hybridized carbons (Fsp3) is 0.500. The Morgan fingerprint density at radius 2 is 2.20 bits per heavy atom. The summed E-state index contributed by atoms with van der Waals surface area (Å²) in [4.78, 5) is 17.3. The van der Waals surface area contributed by atoms with E-state index in [2.05, 4.69) is 48.1 Å². The smallest absolute Gasteiger partial charge is 0.194 e. The van der Waals surface area contributed by atoms with E-state index in [0.29, 0.717) is 5.92 Å². The summed E-state index contributed by atoms with van der Waals surface area (Å²) in [5.41, 5.74) is 3.56. The first-order valence-electron chi connectivity index (χ1n) is 8.85. The van der Waals surface area contributed by atoms with Gasteiger partial charge in [-0.2, -0.15) is 0 Å². The van der Waals surface area contributed by atoms with Crippen LogP contribution < -0.4 is 5.32 Å². The SMILES string of the molecule is CNc1nccnc1C[C@H]1CCCN(Cc2c(C)nc3sccn23)C1. The standard InChI is InChI=1S/C18H24N6S/c1-13-16(24-8-9-25-18(24)22-13)12-23-7-3-4-14(11-23)10-15-17(19-2)21-6-5-20-15/h5-6,8-9,14H,3-4,7,10-12H2,1-2H3,(H,19,21)/t14-/m1/s1. The van der Waals surface area contributed by atoms with E-state index in [4.69, 9.17) is 0 Å². The number of rotatable bonds is 5. The zero-order chi connectivity index (χ0) is 17.2. The zero-order valence-corrected chi connectivity index (χ0v) is 15.6. The van der Waals surface area contributed by atoms with Crippen molar-refractivity contribution in [3.05, 3.63) is 41.1 Å². The van der Waals surface area contributed by atoms with Crippen LogP contribution in [0.4, 0.5) is 5.82 Å². The van der Waals surface area contributed by atoms with Crippen LogP contribution >= 0.6 is 11.3 Å². The summed E-state index contributed by atoms with van der Waals surface area (Å²) in [6.45, 7) is 5.36. The van der Waals surface area contributed by atoms with Crippen LogP contribution in [0, 0.1) is 12.8 Å². The molecule has 3 aromatic heterocycles. The lowest BCUT2D eigenvalue weighted by Gasteiger charge is -2.32. The van der Waals surface area contributed by atoms with Gasteiger partial charge in [-0.1, -0.05) is 0 Å². The summed E-state index contributed by atoms with van der Waals surface area (Å²) >= 11 is 1.70. The second-order valence-electron chi connectivity index (χ2n) is 6.75. The molecule has 0 amide bonds.